The van der Waals surface area contributed by atoms with Crippen LogP contribution in [0.5, 0.6) is 0 Å². The molecular weight excluding hydrogens is 260 g/mol. The van der Waals surface area contributed by atoms with E-state index < -0.39 is 5.97 Å². The van der Waals surface area contributed by atoms with E-state index in [-0.39, 0.29) is 0 Å². The molecule has 1 aliphatic carbocycles. The lowest BCUT2D eigenvalue weighted by Gasteiger charge is -2.22. The van der Waals surface area contributed by atoms with Crippen molar-refractivity contribution in [1.82, 2.24) is 0 Å². The predicted molar refractivity (Wildman–Crippen MR) is 89.1 cm³/mol. The van der Waals surface area contributed by atoms with Crippen molar-refractivity contribution in [3.8, 4) is 0 Å². The number of carboxylic acid groups (broad SMARTS) is 1. The second-order valence-corrected chi connectivity index (χ2v) is 5.86. The summed E-state index contributed by atoms with van der Waals surface area (Å²) in [7, 11) is 0. The summed E-state index contributed by atoms with van der Waals surface area (Å²) in [6, 6.07) is 0. The van der Waals surface area contributed by atoms with Crippen LogP contribution in [0.25, 0.3) is 0 Å². The fraction of sp³-hybridized carbons (Fsp3) is 0.421. The van der Waals surface area contributed by atoms with Crippen LogP contribution in [0.1, 0.15) is 47.0 Å². The number of hydrogen-bond donors (Lipinski definition) is 1. The maximum absolute atomic E-state index is 10.5. The number of rotatable bonds is 5. The average molecular weight is 286 g/mol. The van der Waals surface area contributed by atoms with Crippen LogP contribution in [-0.4, -0.2) is 11.1 Å². The van der Waals surface area contributed by atoms with Gasteiger partial charge in [0, 0.05) is 6.08 Å². The van der Waals surface area contributed by atoms with Crippen molar-refractivity contribution < 1.29 is 9.90 Å². The summed E-state index contributed by atoms with van der Waals surface area (Å²) >= 11 is 0. The zero-order valence-corrected chi connectivity index (χ0v) is 13.5. The smallest absolute Gasteiger partial charge is 0.328 e. The van der Waals surface area contributed by atoms with Crippen molar-refractivity contribution in [2.45, 2.75) is 47.0 Å². The zero-order valence-electron chi connectivity index (χ0n) is 13.5. The van der Waals surface area contributed by atoms with E-state index in [2.05, 4.69) is 32.9 Å². The number of carbonyl (C=O) groups is 1. The van der Waals surface area contributed by atoms with Crippen LogP contribution in [0.15, 0.2) is 58.7 Å². The Balaban J connectivity index is 2.70. The van der Waals surface area contributed by atoms with Gasteiger partial charge >= 0.3 is 5.97 Å². The van der Waals surface area contributed by atoms with Gasteiger partial charge in [0.2, 0.25) is 0 Å². The van der Waals surface area contributed by atoms with Crippen LogP contribution in [0, 0.1) is 5.92 Å². The largest absolute Gasteiger partial charge is 0.478 e. The van der Waals surface area contributed by atoms with Crippen LogP contribution in [-0.2, 0) is 4.79 Å². The van der Waals surface area contributed by atoms with E-state index in [0.29, 0.717) is 5.92 Å². The number of carboxylic acids is 1. The number of aliphatic carboxylic acids is 1. The van der Waals surface area contributed by atoms with Crippen molar-refractivity contribution in [3.63, 3.8) is 0 Å². The van der Waals surface area contributed by atoms with Gasteiger partial charge in [0.15, 0.2) is 0 Å². The lowest BCUT2D eigenvalue weighted by molar-refractivity contribution is -0.131. The first-order valence-corrected chi connectivity index (χ1v) is 7.54. The lowest BCUT2D eigenvalue weighted by Crippen LogP contribution is -2.06. The molecule has 1 N–H and O–H groups in total. The van der Waals surface area contributed by atoms with Gasteiger partial charge in [-0.15, -0.1) is 0 Å². The molecule has 0 fully saturated rings. The van der Waals surface area contributed by atoms with Crippen LogP contribution >= 0.6 is 0 Å². The van der Waals surface area contributed by atoms with Crippen LogP contribution in [0.2, 0.25) is 0 Å². The van der Waals surface area contributed by atoms with E-state index in [4.69, 9.17) is 5.11 Å². The highest BCUT2D eigenvalue weighted by molar-refractivity contribution is 5.81. The third-order valence-electron chi connectivity index (χ3n) is 3.81. The second-order valence-electron chi connectivity index (χ2n) is 5.86. The Morgan fingerprint density at radius 3 is 2.57 bits per heavy atom. The van der Waals surface area contributed by atoms with Gasteiger partial charge < -0.3 is 5.11 Å². The van der Waals surface area contributed by atoms with Crippen LogP contribution in [0.4, 0.5) is 0 Å². The first kappa shape index (κ1) is 17.2. The Kier molecular flexibility index (Phi) is 6.93. The Morgan fingerprint density at radius 1 is 1.24 bits per heavy atom. The van der Waals surface area contributed by atoms with Crippen molar-refractivity contribution >= 4 is 5.97 Å². The summed E-state index contributed by atoms with van der Waals surface area (Å²) in [6.07, 6.45) is 15.1. The van der Waals surface area contributed by atoms with Gasteiger partial charge in [0.05, 0.1) is 0 Å². The van der Waals surface area contributed by atoms with Crippen LogP contribution < -0.4 is 0 Å². The highest BCUT2D eigenvalue weighted by Crippen LogP contribution is 2.30. The molecule has 0 bridgehead atoms. The van der Waals surface area contributed by atoms with Crippen molar-refractivity contribution in [1.29, 1.82) is 0 Å². The molecule has 0 radical (unpaired) electrons. The minimum absolute atomic E-state index is 0.652. The van der Waals surface area contributed by atoms with Crippen molar-refractivity contribution in [3.05, 3.63) is 58.7 Å². The first-order valence-electron chi connectivity index (χ1n) is 7.54. The monoisotopic (exact) mass is 286 g/mol. The number of hydrogen-bond acceptors (Lipinski definition) is 1. The average Bonchev–Trinajstić information content (AvgIpc) is 2.37. The molecule has 0 aromatic heterocycles. The van der Waals surface area contributed by atoms with E-state index in [1.54, 1.807) is 13.0 Å². The molecule has 0 amide bonds. The highest BCUT2D eigenvalue weighted by Gasteiger charge is 2.14. The van der Waals surface area contributed by atoms with E-state index in [0.717, 1.165) is 11.1 Å². The summed E-state index contributed by atoms with van der Waals surface area (Å²) in [5.41, 5.74) is 4.87. The highest BCUT2D eigenvalue weighted by atomic mass is 16.4. The molecule has 1 aliphatic rings. The Labute approximate surface area is 128 Å². The maximum Gasteiger partial charge on any atom is 0.328 e. The summed E-state index contributed by atoms with van der Waals surface area (Å²) in [5.74, 6) is -0.259. The molecule has 0 saturated carbocycles. The summed E-state index contributed by atoms with van der Waals surface area (Å²) in [4.78, 5) is 10.5. The normalized spacial score (nSPS) is 21.6. The minimum atomic E-state index is -0.911. The summed E-state index contributed by atoms with van der Waals surface area (Å²) < 4.78 is 0. The molecule has 1 unspecified atom stereocenters. The minimum Gasteiger partial charge on any atom is -0.478 e. The van der Waals surface area contributed by atoms with E-state index in [1.165, 1.54) is 36.5 Å². The third-order valence-corrected chi connectivity index (χ3v) is 3.81. The fourth-order valence-corrected chi connectivity index (χ4v) is 2.57. The van der Waals surface area contributed by atoms with Gasteiger partial charge in [-0.2, -0.15) is 0 Å². The molecule has 0 aliphatic heterocycles. The Morgan fingerprint density at radius 2 is 1.95 bits per heavy atom. The molecule has 1 atom stereocenters. The van der Waals surface area contributed by atoms with Crippen molar-refractivity contribution in [2.75, 3.05) is 0 Å². The van der Waals surface area contributed by atoms with Gasteiger partial charge in [-0.05, 0) is 57.1 Å². The first-order chi connectivity index (χ1) is 9.90. The molecule has 0 spiro atoms. The van der Waals surface area contributed by atoms with Gasteiger partial charge in [-0.1, -0.05) is 48.5 Å². The molecule has 0 aromatic carbocycles. The fourth-order valence-electron chi connectivity index (χ4n) is 2.57. The molecule has 0 heterocycles. The second kappa shape index (κ2) is 8.46. The summed E-state index contributed by atoms with van der Waals surface area (Å²) in [5, 5.41) is 8.63. The molecule has 2 heteroatoms. The Bertz CT molecular complexity index is 528. The van der Waals surface area contributed by atoms with Gasteiger partial charge in [0.25, 0.3) is 0 Å². The standard InChI is InChI=1S/C19H26O2/c1-14(7-5-8-15(2)13-19(20)21)11-12-18-16(3)9-6-10-17(18)4/h5,7-8,11-13,16H,6,9-10H2,1-4H3,(H,20,21)/b8-5+,12-11+,14-7+,15-13-. The topological polar surface area (TPSA) is 37.3 Å². The number of allylic oxidation sites excluding steroid dienone is 9. The van der Waals surface area contributed by atoms with E-state index in [9.17, 15) is 4.79 Å². The quantitative estimate of drug-likeness (QED) is 0.556. The van der Waals surface area contributed by atoms with Gasteiger partial charge in [-0.25, -0.2) is 4.79 Å². The molecule has 0 saturated heterocycles. The summed E-state index contributed by atoms with van der Waals surface area (Å²) in [6.45, 7) is 8.36. The predicted octanol–water partition coefficient (Wildman–Crippen LogP) is 5.21. The van der Waals surface area contributed by atoms with Crippen LogP contribution in [0.3, 0.4) is 0 Å². The zero-order chi connectivity index (χ0) is 15.8. The molecular formula is C19H26O2. The lowest BCUT2D eigenvalue weighted by atomic mass is 9.84. The van der Waals surface area contributed by atoms with E-state index in [1.807, 2.05) is 12.2 Å². The molecule has 21 heavy (non-hydrogen) atoms. The Hall–Kier alpha value is -1.83. The SMILES string of the molecule is CC1=C(/C=C/C(C)=C/C=C/C(C)=C\C(=O)O)C(C)CCC1. The molecule has 0 aromatic rings. The molecule has 1 rings (SSSR count). The third kappa shape index (κ3) is 6.44. The maximum atomic E-state index is 10.5. The molecule has 114 valence electrons. The van der Waals surface area contributed by atoms with Crippen molar-refractivity contribution in [2.24, 2.45) is 5.92 Å². The molecule has 2 nitrogen and oxygen atoms in total. The van der Waals surface area contributed by atoms with E-state index >= 15 is 0 Å². The van der Waals surface area contributed by atoms with Gasteiger partial charge in [0.1, 0.15) is 0 Å². The van der Waals surface area contributed by atoms with Gasteiger partial charge in [-0.3, -0.25) is 0 Å².